The number of phosphoric acid groups is 1. The number of nitrogens with two attached hydrogens (primary N) is 1. The lowest BCUT2D eigenvalue weighted by molar-refractivity contribution is -0.107. The highest BCUT2D eigenvalue weighted by atomic mass is 31.2. The summed E-state index contributed by atoms with van der Waals surface area (Å²) in [6.45, 7) is -0.199. The van der Waals surface area contributed by atoms with Gasteiger partial charge >= 0.3 is 7.82 Å². The first-order valence-corrected chi connectivity index (χ1v) is 11.0. The second-order valence-corrected chi connectivity index (χ2v) is 8.53. The number of aliphatic hydroxyl groups is 1. The summed E-state index contributed by atoms with van der Waals surface area (Å²) < 4.78 is 15.4. The lowest BCUT2D eigenvalue weighted by atomic mass is 10.1. The standard InChI is InChI=1S/C18H24N5O7P/c19-18-21-16(20-13-6-12(14(25)7-13)9-30-31(27,28)29)15(17(26)22-18)23(10-24)8-11-4-2-1-3-5-11/h1-5,10,12-14,25H,6-9H2,(H2,27,28,29)(H4,19,20,21,22,26)/t12-,13-,14+/m1/s1. The monoisotopic (exact) mass is 453 g/mol. The summed E-state index contributed by atoms with van der Waals surface area (Å²) in [5, 5.41) is 13.2. The smallest absolute Gasteiger partial charge is 0.393 e. The summed E-state index contributed by atoms with van der Waals surface area (Å²) in [5.74, 6) is -0.612. The number of carbonyl (C=O) groups is 1. The van der Waals surface area contributed by atoms with Gasteiger partial charge in [-0.3, -0.25) is 19.1 Å². The maximum absolute atomic E-state index is 12.6. The van der Waals surface area contributed by atoms with Crippen molar-refractivity contribution in [2.75, 3.05) is 22.6 Å². The van der Waals surface area contributed by atoms with Crippen molar-refractivity contribution in [2.24, 2.45) is 5.92 Å². The molecule has 0 saturated heterocycles. The van der Waals surface area contributed by atoms with Gasteiger partial charge in [0, 0.05) is 12.0 Å². The minimum Gasteiger partial charge on any atom is -0.393 e. The molecule has 168 valence electrons. The number of nitrogen functional groups attached to an aromatic ring is 1. The molecule has 1 heterocycles. The third kappa shape index (κ3) is 6.12. The molecule has 3 rings (SSSR count). The molecule has 1 fully saturated rings. The van der Waals surface area contributed by atoms with E-state index in [2.05, 4.69) is 19.8 Å². The summed E-state index contributed by atoms with van der Waals surface area (Å²) in [5.41, 5.74) is 5.83. The number of amides is 1. The third-order valence-electron chi connectivity index (χ3n) is 4.98. The zero-order chi connectivity index (χ0) is 22.6. The van der Waals surface area contributed by atoms with Crippen molar-refractivity contribution >= 4 is 31.7 Å². The number of phosphoric ester groups is 1. The zero-order valence-electron chi connectivity index (χ0n) is 16.4. The topological polar surface area (TPSA) is 191 Å². The van der Waals surface area contributed by atoms with Crippen molar-refractivity contribution in [2.45, 2.75) is 31.5 Å². The molecule has 31 heavy (non-hydrogen) atoms. The Bertz CT molecular complexity index is 1010. The van der Waals surface area contributed by atoms with Crippen LogP contribution in [0.25, 0.3) is 0 Å². The van der Waals surface area contributed by atoms with Gasteiger partial charge in [0.05, 0.1) is 19.3 Å². The van der Waals surface area contributed by atoms with E-state index in [-0.39, 0.29) is 37.0 Å². The number of nitrogens with one attached hydrogen (secondary N) is 2. The van der Waals surface area contributed by atoms with Gasteiger partial charge in [0.2, 0.25) is 12.4 Å². The molecule has 1 aliphatic rings. The van der Waals surface area contributed by atoms with Crippen molar-refractivity contribution in [3.8, 4) is 0 Å². The molecule has 0 aliphatic heterocycles. The number of benzene rings is 1. The molecule has 0 unspecified atom stereocenters. The molecule has 12 nitrogen and oxygen atoms in total. The molecule has 3 atom stereocenters. The van der Waals surface area contributed by atoms with E-state index in [1.165, 1.54) is 4.90 Å². The average molecular weight is 453 g/mol. The van der Waals surface area contributed by atoms with Crippen LogP contribution in [0.15, 0.2) is 35.1 Å². The maximum Gasteiger partial charge on any atom is 0.469 e. The fourth-order valence-electron chi connectivity index (χ4n) is 3.59. The van der Waals surface area contributed by atoms with E-state index < -0.39 is 31.4 Å². The number of hydrogen-bond acceptors (Lipinski definition) is 8. The predicted octanol–water partition coefficient (Wildman–Crippen LogP) is 0.176. The summed E-state index contributed by atoms with van der Waals surface area (Å²) >= 11 is 0. The Labute approximate surface area is 177 Å². The van der Waals surface area contributed by atoms with Crippen LogP contribution < -0.4 is 21.5 Å². The Morgan fingerprint density at radius 1 is 1.32 bits per heavy atom. The Balaban J connectivity index is 1.81. The van der Waals surface area contributed by atoms with Crippen LogP contribution in [0.4, 0.5) is 17.5 Å². The van der Waals surface area contributed by atoms with Crippen LogP contribution in [0.1, 0.15) is 18.4 Å². The number of aromatic amines is 1. The van der Waals surface area contributed by atoms with Crippen LogP contribution in [-0.2, 0) is 20.4 Å². The van der Waals surface area contributed by atoms with Crippen molar-refractivity contribution in [1.82, 2.24) is 9.97 Å². The van der Waals surface area contributed by atoms with Gasteiger partial charge in [0.1, 0.15) is 0 Å². The number of hydrogen-bond donors (Lipinski definition) is 6. The van der Waals surface area contributed by atoms with Crippen molar-refractivity contribution in [3.63, 3.8) is 0 Å². The SMILES string of the molecule is Nc1nc(N[C@@H]2C[C@H](COP(=O)(O)O)[C@@H](O)C2)c(N(C=O)Cc2ccccc2)c(=O)[nH]1. The van der Waals surface area contributed by atoms with Crippen LogP contribution in [0.3, 0.4) is 0 Å². The molecule has 13 heteroatoms. The van der Waals surface area contributed by atoms with Gasteiger partial charge in [-0.25, -0.2) is 4.57 Å². The quantitative estimate of drug-likeness (QED) is 0.225. The van der Waals surface area contributed by atoms with Crippen molar-refractivity contribution < 1.29 is 28.8 Å². The van der Waals surface area contributed by atoms with Gasteiger partial charge < -0.3 is 30.8 Å². The lowest BCUT2D eigenvalue weighted by Gasteiger charge is -2.22. The highest BCUT2D eigenvalue weighted by molar-refractivity contribution is 7.46. The van der Waals surface area contributed by atoms with E-state index in [1.807, 2.05) is 30.3 Å². The summed E-state index contributed by atoms with van der Waals surface area (Å²) in [4.78, 5) is 49.8. The molecule has 1 aromatic heterocycles. The Hall–Kier alpha value is -2.76. The fraction of sp³-hybridized carbons (Fsp3) is 0.389. The molecule has 7 N–H and O–H groups in total. The van der Waals surface area contributed by atoms with Gasteiger partial charge in [-0.2, -0.15) is 4.98 Å². The first-order valence-electron chi connectivity index (χ1n) is 9.46. The second kappa shape index (κ2) is 9.58. The Kier molecular flexibility index (Phi) is 7.08. The average Bonchev–Trinajstić information content (AvgIpc) is 3.04. The Morgan fingerprint density at radius 2 is 2.03 bits per heavy atom. The molecule has 0 bridgehead atoms. The largest absolute Gasteiger partial charge is 0.469 e. The summed E-state index contributed by atoms with van der Waals surface area (Å²) in [7, 11) is -4.65. The van der Waals surface area contributed by atoms with E-state index in [9.17, 15) is 19.3 Å². The maximum atomic E-state index is 12.6. The summed E-state index contributed by atoms with van der Waals surface area (Å²) in [6, 6.07) is 8.67. The minimum absolute atomic E-state index is 0.0301. The molecule has 1 saturated carbocycles. The molecule has 1 aromatic carbocycles. The highest BCUT2D eigenvalue weighted by Crippen LogP contribution is 2.39. The van der Waals surface area contributed by atoms with Gasteiger partial charge in [0.25, 0.3) is 5.56 Å². The number of anilines is 3. The number of rotatable bonds is 9. The van der Waals surface area contributed by atoms with E-state index in [0.717, 1.165) is 5.56 Å². The van der Waals surface area contributed by atoms with Crippen LogP contribution in [0.2, 0.25) is 0 Å². The molecule has 2 aromatic rings. The van der Waals surface area contributed by atoms with Crippen LogP contribution in [-0.4, -0.2) is 50.0 Å². The van der Waals surface area contributed by atoms with E-state index in [1.54, 1.807) is 0 Å². The predicted molar refractivity (Wildman–Crippen MR) is 112 cm³/mol. The van der Waals surface area contributed by atoms with E-state index >= 15 is 0 Å². The van der Waals surface area contributed by atoms with E-state index in [4.69, 9.17) is 15.5 Å². The lowest BCUT2D eigenvalue weighted by Crippen LogP contribution is -2.31. The number of aromatic nitrogens is 2. The molecular weight excluding hydrogens is 429 g/mol. The van der Waals surface area contributed by atoms with Gasteiger partial charge in [-0.05, 0) is 18.4 Å². The van der Waals surface area contributed by atoms with Crippen LogP contribution in [0, 0.1) is 5.92 Å². The highest BCUT2D eigenvalue weighted by Gasteiger charge is 2.35. The van der Waals surface area contributed by atoms with Crippen LogP contribution >= 0.6 is 7.82 Å². The third-order valence-corrected chi connectivity index (χ3v) is 5.46. The minimum atomic E-state index is -4.65. The normalized spacial score (nSPS) is 21.1. The molecular formula is C18H24N5O7P. The first-order chi connectivity index (χ1) is 14.7. The number of aliphatic hydroxyl groups excluding tert-OH is 1. The number of carbonyl (C=O) groups excluding carboxylic acids is 1. The Morgan fingerprint density at radius 3 is 2.68 bits per heavy atom. The van der Waals surface area contributed by atoms with Gasteiger partial charge in [0.15, 0.2) is 11.5 Å². The van der Waals surface area contributed by atoms with E-state index in [0.29, 0.717) is 12.8 Å². The van der Waals surface area contributed by atoms with Gasteiger partial charge in [-0.1, -0.05) is 30.3 Å². The molecule has 0 radical (unpaired) electrons. The first kappa shape index (κ1) is 22.9. The number of nitrogens with zero attached hydrogens (tertiary/aromatic N) is 2. The molecule has 1 amide bonds. The van der Waals surface area contributed by atoms with Crippen molar-refractivity contribution in [3.05, 3.63) is 46.2 Å². The van der Waals surface area contributed by atoms with Gasteiger partial charge in [-0.15, -0.1) is 0 Å². The van der Waals surface area contributed by atoms with Crippen molar-refractivity contribution in [1.29, 1.82) is 0 Å². The van der Waals surface area contributed by atoms with Crippen LogP contribution in [0.5, 0.6) is 0 Å². The fourth-order valence-corrected chi connectivity index (χ4v) is 3.97. The molecule has 0 spiro atoms. The molecule has 1 aliphatic carbocycles. The summed E-state index contributed by atoms with van der Waals surface area (Å²) in [6.07, 6.45) is 0.163. The second-order valence-electron chi connectivity index (χ2n) is 7.29. The zero-order valence-corrected chi connectivity index (χ0v) is 17.3. The number of H-pyrrole nitrogens is 1.